The summed E-state index contributed by atoms with van der Waals surface area (Å²) in [5, 5.41) is 0. The number of anilines is 2. The Hall–Kier alpha value is -1.89. The zero-order valence-corrected chi connectivity index (χ0v) is 16.0. The predicted molar refractivity (Wildman–Crippen MR) is 103 cm³/mol. The summed E-state index contributed by atoms with van der Waals surface area (Å²) in [5.41, 5.74) is 1.01. The van der Waals surface area contributed by atoms with Gasteiger partial charge in [0.2, 0.25) is 11.9 Å². The van der Waals surface area contributed by atoms with Gasteiger partial charge in [-0.25, -0.2) is 4.98 Å². The number of nitrogens with zero attached hydrogens (tertiary/aromatic N) is 6. The summed E-state index contributed by atoms with van der Waals surface area (Å²) < 4.78 is 0. The molecule has 1 saturated carbocycles. The van der Waals surface area contributed by atoms with Gasteiger partial charge in [0.05, 0.1) is 0 Å². The minimum Gasteiger partial charge on any atom is -0.354 e. The number of rotatable bonds is 3. The van der Waals surface area contributed by atoms with Crippen LogP contribution in [-0.2, 0) is 4.79 Å². The van der Waals surface area contributed by atoms with Gasteiger partial charge in [-0.2, -0.15) is 4.98 Å². The minimum atomic E-state index is 0.292. The molecular formula is C19H30N6O. The maximum absolute atomic E-state index is 12.4. The van der Waals surface area contributed by atoms with Gasteiger partial charge in [-0.3, -0.25) is 4.79 Å². The van der Waals surface area contributed by atoms with Crippen LogP contribution in [0, 0.1) is 12.8 Å². The summed E-state index contributed by atoms with van der Waals surface area (Å²) in [6, 6.07) is 2.09. The Morgan fingerprint density at radius 1 is 0.962 bits per heavy atom. The van der Waals surface area contributed by atoms with Gasteiger partial charge in [0.25, 0.3) is 0 Å². The molecule has 7 nitrogen and oxygen atoms in total. The first-order chi connectivity index (χ1) is 12.6. The smallest absolute Gasteiger partial charge is 0.227 e. The van der Waals surface area contributed by atoms with Gasteiger partial charge in [0.1, 0.15) is 5.82 Å². The highest BCUT2D eigenvalue weighted by Crippen LogP contribution is 2.29. The Morgan fingerprint density at radius 3 is 2.23 bits per heavy atom. The molecule has 2 saturated heterocycles. The quantitative estimate of drug-likeness (QED) is 0.803. The number of aryl methyl sites for hydroxylation is 1. The highest BCUT2D eigenvalue weighted by Gasteiger charge is 2.31. The van der Waals surface area contributed by atoms with Crippen molar-refractivity contribution in [1.29, 1.82) is 0 Å². The Balaban J connectivity index is 1.41. The number of carbonyl (C=O) groups is 1. The van der Waals surface area contributed by atoms with Crippen molar-refractivity contribution in [1.82, 2.24) is 19.8 Å². The first-order valence-corrected chi connectivity index (χ1v) is 9.93. The van der Waals surface area contributed by atoms with Crippen LogP contribution in [0.4, 0.5) is 11.8 Å². The second-order valence-electron chi connectivity index (χ2n) is 7.90. The third-order valence-electron chi connectivity index (χ3n) is 5.98. The lowest BCUT2D eigenvalue weighted by molar-refractivity contribution is -0.138. The molecular weight excluding hydrogens is 328 g/mol. The first-order valence-electron chi connectivity index (χ1n) is 9.93. The van der Waals surface area contributed by atoms with Crippen LogP contribution in [0.2, 0.25) is 0 Å². The summed E-state index contributed by atoms with van der Waals surface area (Å²) in [5.74, 6) is 2.50. The molecule has 26 heavy (non-hydrogen) atoms. The van der Waals surface area contributed by atoms with Crippen molar-refractivity contribution in [3.8, 4) is 0 Å². The van der Waals surface area contributed by atoms with Crippen molar-refractivity contribution in [2.45, 2.75) is 26.2 Å². The van der Waals surface area contributed by atoms with E-state index in [0.29, 0.717) is 11.8 Å². The summed E-state index contributed by atoms with van der Waals surface area (Å²) in [4.78, 5) is 30.9. The predicted octanol–water partition coefficient (Wildman–Crippen LogP) is 0.986. The summed E-state index contributed by atoms with van der Waals surface area (Å²) in [7, 11) is 2.17. The number of aromatic nitrogens is 2. The molecule has 0 aromatic carbocycles. The van der Waals surface area contributed by atoms with E-state index in [1.165, 1.54) is 6.42 Å². The van der Waals surface area contributed by atoms with Crippen LogP contribution in [0.25, 0.3) is 0 Å². The molecule has 2 aliphatic heterocycles. The van der Waals surface area contributed by atoms with Crippen LogP contribution in [-0.4, -0.2) is 85.1 Å². The molecule has 7 heteroatoms. The van der Waals surface area contributed by atoms with Gasteiger partial charge in [-0.1, -0.05) is 6.42 Å². The third-order valence-corrected chi connectivity index (χ3v) is 5.98. The lowest BCUT2D eigenvalue weighted by atomic mass is 9.84. The molecule has 3 heterocycles. The van der Waals surface area contributed by atoms with Crippen molar-refractivity contribution >= 4 is 17.7 Å². The fraction of sp³-hybridized carbons (Fsp3) is 0.737. The molecule has 0 spiro atoms. The molecule has 1 aromatic heterocycles. The molecule has 1 aliphatic carbocycles. The van der Waals surface area contributed by atoms with Crippen LogP contribution in [0.1, 0.15) is 25.0 Å². The monoisotopic (exact) mass is 358 g/mol. The molecule has 0 radical (unpaired) electrons. The summed E-state index contributed by atoms with van der Waals surface area (Å²) in [6.45, 7) is 9.43. The SMILES string of the molecule is Cc1cc(N2CCN(C)CC2)nc(N2CCN(C(=O)C3CCC3)CC2)n1. The molecule has 0 bridgehead atoms. The van der Waals surface area contributed by atoms with Gasteiger partial charge in [-0.05, 0) is 26.8 Å². The molecule has 4 rings (SSSR count). The molecule has 3 aliphatic rings. The van der Waals surface area contributed by atoms with E-state index in [2.05, 4.69) is 32.8 Å². The van der Waals surface area contributed by atoms with E-state index >= 15 is 0 Å². The first kappa shape index (κ1) is 17.5. The average Bonchev–Trinajstić information content (AvgIpc) is 2.60. The van der Waals surface area contributed by atoms with E-state index in [1.54, 1.807) is 0 Å². The number of carbonyl (C=O) groups excluding carboxylic acids is 1. The molecule has 0 N–H and O–H groups in total. The fourth-order valence-corrected chi connectivity index (χ4v) is 3.92. The van der Waals surface area contributed by atoms with Crippen LogP contribution in [0.5, 0.6) is 0 Å². The molecule has 1 aromatic rings. The molecule has 0 atom stereocenters. The van der Waals surface area contributed by atoms with E-state index in [-0.39, 0.29) is 0 Å². The maximum Gasteiger partial charge on any atom is 0.227 e. The number of amides is 1. The van der Waals surface area contributed by atoms with E-state index < -0.39 is 0 Å². The van der Waals surface area contributed by atoms with Crippen LogP contribution < -0.4 is 9.80 Å². The third kappa shape index (κ3) is 3.63. The number of hydrogen-bond acceptors (Lipinski definition) is 6. The van der Waals surface area contributed by atoms with Crippen LogP contribution >= 0.6 is 0 Å². The highest BCUT2D eigenvalue weighted by molar-refractivity contribution is 5.79. The van der Waals surface area contributed by atoms with E-state index in [0.717, 1.165) is 82.7 Å². The summed E-state index contributed by atoms with van der Waals surface area (Å²) >= 11 is 0. The molecule has 3 fully saturated rings. The Bertz CT molecular complexity index is 645. The fourth-order valence-electron chi connectivity index (χ4n) is 3.92. The van der Waals surface area contributed by atoms with Gasteiger partial charge in [-0.15, -0.1) is 0 Å². The van der Waals surface area contributed by atoms with Crippen molar-refractivity contribution in [2.75, 3.05) is 69.2 Å². The van der Waals surface area contributed by atoms with E-state index in [1.807, 2.05) is 11.8 Å². The van der Waals surface area contributed by atoms with Crippen molar-refractivity contribution in [2.24, 2.45) is 5.92 Å². The van der Waals surface area contributed by atoms with Crippen molar-refractivity contribution in [3.63, 3.8) is 0 Å². The molecule has 142 valence electrons. The van der Waals surface area contributed by atoms with E-state index in [4.69, 9.17) is 4.98 Å². The van der Waals surface area contributed by atoms with Gasteiger partial charge in [0.15, 0.2) is 0 Å². The zero-order valence-electron chi connectivity index (χ0n) is 16.0. The van der Waals surface area contributed by atoms with Gasteiger partial charge in [0, 0.05) is 70.0 Å². The Morgan fingerprint density at radius 2 is 1.62 bits per heavy atom. The van der Waals surface area contributed by atoms with Crippen molar-refractivity contribution in [3.05, 3.63) is 11.8 Å². The number of hydrogen-bond donors (Lipinski definition) is 0. The average molecular weight is 358 g/mol. The number of likely N-dealkylation sites (N-methyl/N-ethyl adjacent to an activating group) is 1. The van der Waals surface area contributed by atoms with Crippen LogP contribution in [0.3, 0.4) is 0 Å². The highest BCUT2D eigenvalue weighted by atomic mass is 16.2. The lowest BCUT2D eigenvalue weighted by Gasteiger charge is -2.38. The van der Waals surface area contributed by atoms with E-state index in [9.17, 15) is 4.79 Å². The lowest BCUT2D eigenvalue weighted by Crippen LogP contribution is -2.51. The topological polar surface area (TPSA) is 55.8 Å². The molecule has 1 amide bonds. The second kappa shape index (κ2) is 7.39. The van der Waals surface area contributed by atoms with Crippen LogP contribution in [0.15, 0.2) is 6.07 Å². The Kier molecular flexibility index (Phi) is 4.98. The summed E-state index contributed by atoms with van der Waals surface area (Å²) in [6.07, 6.45) is 3.37. The number of piperazine rings is 2. The normalized spacial score (nSPS) is 22.5. The minimum absolute atomic E-state index is 0.292. The zero-order chi connectivity index (χ0) is 18.1. The van der Waals surface area contributed by atoms with Gasteiger partial charge >= 0.3 is 0 Å². The maximum atomic E-state index is 12.4. The Labute approximate surface area is 156 Å². The largest absolute Gasteiger partial charge is 0.354 e. The standard InChI is InChI=1S/C19H30N6O/c1-15-14-17(23-8-6-22(2)7-9-23)21-19(20-15)25-12-10-24(11-13-25)18(26)16-4-3-5-16/h14,16H,3-13H2,1-2H3. The van der Waals surface area contributed by atoms with Gasteiger partial charge < -0.3 is 19.6 Å². The second-order valence-corrected chi connectivity index (χ2v) is 7.90. The van der Waals surface area contributed by atoms with Crippen molar-refractivity contribution < 1.29 is 4.79 Å². The molecule has 0 unspecified atom stereocenters.